The van der Waals surface area contributed by atoms with E-state index in [0.29, 0.717) is 12.1 Å². The summed E-state index contributed by atoms with van der Waals surface area (Å²) in [5, 5.41) is 12.2. The Bertz CT molecular complexity index is 975. The van der Waals surface area contributed by atoms with E-state index in [0.717, 1.165) is 36.5 Å². The minimum Gasteiger partial charge on any atom is -0.508 e. The third-order valence-corrected chi connectivity index (χ3v) is 4.68. The average Bonchev–Trinajstić information content (AvgIpc) is 2.84. The Morgan fingerprint density at radius 2 is 1.75 bits per heavy atom. The lowest BCUT2D eigenvalue weighted by atomic mass is 9.89. The molecule has 7 nitrogen and oxygen atoms in total. The van der Waals surface area contributed by atoms with Crippen LogP contribution in [0.2, 0.25) is 0 Å². The van der Waals surface area contributed by atoms with Crippen molar-refractivity contribution in [1.29, 1.82) is 0 Å². The zero-order valence-corrected chi connectivity index (χ0v) is 12.8. The zero-order chi connectivity index (χ0) is 17.0. The molecule has 2 aliphatic rings. The summed E-state index contributed by atoms with van der Waals surface area (Å²) >= 11 is 0. The van der Waals surface area contributed by atoms with E-state index in [1.165, 1.54) is 10.6 Å². The van der Waals surface area contributed by atoms with Crippen LogP contribution in [0.3, 0.4) is 0 Å². The second-order valence-electron chi connectivity index (χ2n) is 6.04. The lowest BCUT2D eigenvalue weighted by molar-refractivity contribution is 0.0880. The van der Waals surface area contributed by atoms with Crippen LogP contribution in [-0.2, 0) is 12.8 Å². The molecule has 1 aliphatic heterocycles. The fourth-order valence-electron chi connectivity index (χ4n) is 3.57. The van der Waals surface area contributed by atoms with Gasteiger partial charge in [-0.2, -0.15) is 0 Å². The Morgan fingerprint density at radius 1 is 1.04 bits per heavy atom. The molecule has 0 spiro atoms. The van der Waals surface area contributed by atoms with Gasteiger partial charge in [0.2, 0.25) is 0 Å². The highest BCUT2D eigenvalue weighted by Crippen LogP contribution is 2.34. The summed E-state index contributed by atoms with van der Waals surface area (Å²) in [6, 6.07) is 4.29. The van der Waals surface area contributed by atoms with Gasteiger partial charge in [-0.1, -0.05) is 0 Å². The predicted octanol–water partition coefficient (Wildman–Crippen LogP) is 0.888. The fourth-order valence-corrected chi connectivity index (χ4v) is 3.57. The third-order valence-electron chi connectivity index (χ3n) is 4.68. The van der Waals surface area contributed by atoms with Crippen molar-refractivity contribution in [2.75, 3.05) is 5.73 Å². The standard InChI is InChI=1S/C17H15N3O4/c18-15-14-10(16(23)19-17(14)24)7-13(22)20(15)11-5-6-12(21)9-4-2-1-3-8(9)11/h5-7,21H,1-4,18H2,(H,19,23,24). The second kappa shape index (κ2) is 4.95. The first kappa shape index (κ1) is 14.5. The number of hydrogen-bond donors (Lipinski definition) is 3. The average molecular weight is 325 g/mol. The van der Waals surface area contributed by atoms with Crippen molar-refractivity contribution < 1.29 is 14.7 Å². The summed E-state index contributed by atoms with van der Waals surface area (Å²) in [6.07, 6.45) is 3.36. The normalized spacial score (nSPS) is 15.8. The number of nitrogens with two attached hydrogens (primary N) is 1. The first-order chi connectivity index (χ1) is 11.5. The molecular formula is C17H15N3O4. The summed E-state index contributed by atoms with van der Waals surface area (Å²) in [7, 11) is 0. The van der Waals surface area contributed by atoms with Crippen molar-refractivity contribution in [1.82, 2.24) is 9.88 Å². The molecule has 1 aromatic carbocycles. The molecule has 0 atom stereocenters. The van der Waals surface area contributed by atoms with Crippen LogP contribution < -0.4 is 16.6 Å². The molecule has 24 heavy (non-hydrogen) atoms. The number of aromatic nitrogens is 1. The van der Waals surface area contributed by atoms with E-state index in [2.05, 4.69) is 5.32 Å². The van der Waals surface area contributed by atoms with Crippen LogP contribution in [0.15, 0.2) is 23.0 Å². The minimum atomic E-state index is -0.612. The van der Waals surface area contributed by atoms with Crippen molar-refractivity contribution in [3.8, 4) is 11.4 Å². The summed E-state index contributed by atoms with van der Waals surface area (Å²) < 4.78 is 1.25. The van der Waals surface area contributed by atoms with Gasteiger partial charge >= 0.3 is 0 Å². The number of amides is 2. The minimum absolute atomic E-state index is 0.00592. The van der Waals surface area contributed by atoms with Gasteiger partial charge in [0.1, 0.15) is 11.6 Å². The summed E-state index contributed by atoms with van der Waals surface area (Å²) in [4.78, 5) is 36.3. The van der Waals surface area contributed by atoms with Crippen LogP contribution in [0.5, 0.6) is 5.75 Å². The molecule has 0 saturated carbocycles. The van der Waals surface area contributed by atoms with Crippen molar-refractivity contribution in [2.24, 2.45) is 0 Å². The quantitative estimate of drug-likeness (QED) is 0.674. The number of imide groups is 1. The number of carbonyl (C=O) groups is 2. The molecule has 0 saturated heterocycles. The Hall–Kier alpha value is -3.09. The Morgan fingerprint density at radius 3 is 2.50 bits per heavy atom. The molecule has 2 heterocycles. The van der Waals surface area contributed by atoms with Crippen molar-refractivity contribution >= 4 is 17.6 Å². The highest BCUT2D eigenvalue weighted by atomic mass is 16.3. The molecule has 0 fully saturated rings. The number of phenolic OH excluding ortho intramolecular Hbond substituents is 1. The van der Waals surface area contributed by atoms with E-state index in [4.69, 9.17) is 5.73 Å². The molecule has 1 aromatic heterocycles. The van der Waals surface area contributed by atoms with Gasteiger partial charge in [0, 0.05) is 6.07 Å². The van der Waals surface area contributed by atoms with Gasteiger partial charge in [-0.25, -0.2) is 0 Å². The van der Waals surface area contributed by atoms with Crippen molar-refractivity contribution in [3.63, 3.8) is 0 Å². The van der Waals surface area contributed by atoms with E-state index < -0.39 is 17.4 Å². The van der Waals surface area contributed by atoms with Gasteiger partial charge in [-0.15, -0.1) is 0 Å². The monoisotopic (exact) mass is 325 g/mol. The van der Waals surface area contributed by atoms with Crippen LogP contribution in [0.1, 0.15) is 44.7 Å². The number of fused-ring (bicyclic) bond motifs is 2. The highest BCUT2D eigenvalue weighted by Gasteiger charge is 2.32. The number of anilines is 1. The maximum Gasteiger partial charge on any atom is 0.262 e. The van der Waals surface area contributed by atoms with Crippen LogP contribution in [-0.4, -0.2) is 21.5 Å². The van der Waals surface area contributed by atoms with E-state index in [-0.39, 0.29) is 22.7 Å². The van der Waals surface area contributed by atoms with E-state index in [1.54, 1.807) is 6.07 Å². The number of aromatic hydroxyl groups is 1. The SMILES string of the molecule is Nc1c2c(cc(=O)n1-c1ccc(O)c3c1CCCC3)C(=O)NC2=O. The largest absolute Gasteiger partial charge is 0.508 e. The lowest BCUT2D eigenvalue weighted by Crippen LogP contribution is -2.25. The summed E-state index contributed by atoms with van der Waals surface area (Å²) in [5.41, 5.74) is 7.86. The molecule has 4 rings (SSSR count). The first-order valence-electron chi connectivity index (χ1n) is 7.74. The molecule has 4 N–H and O–H groups in total. The molecular weight excluding hydrogens is 310 g/mol. The van der Waals surface area contributed by atoms with Crippen molar-refractivity contribution in [3.05, 3.63) is 50.8 Å². The number of nitrogens with zero attached hydrogens (tertiary/aromatic N) is 1. The van der Waals surface area contributed by atoms with E-state index in [9.17, 15) is 19.5 Å². The van der Waals surface area contributed by atoms with Gasteiger partial charge in [-0.3, -0.25) is 24.3 Å². The number of pyridine rings is 1. The van der Waals surface area contributed by atoms with Crippen molar-refractivity contribution in [2.45, 2.75) is 25.7 Å². The topological polar surface area (TPSA) is 114 Å². The van der Waals surface area contributed by atoms with Gasteiger partial charge in [0.05, 0.1) is 16.8 Å². The Labute approximate surface area is 136 Å². The van der Waals surface area contributed by atoms with Gasteiger partial charge in [0.25, 0.3) is 17.4 Å². The zero-order valence-electron chi connectivity index (χ0n) is 12.8. The molecule has 7 heteroatoms. The fraction of sp³-hybridized carbons (Fsp3) is 0.235. The number of rotatable bonds is 1. The molecule has 122 valence electrons. The number of nitrogens with one attached hydrogen (secondary N) is 1. The van der Waals surface area contributed by atoms with Crippen LogP contribution in [0, 0.1) is 0 Å². The molecule has 0 radical (unpaired) electrons. The smallest absolute Gasteiger partial charge is 0.262 e. The second-order valence-corrected chi connectivity index (χ2v) is 6.04. The number of benzene rings is 1. The molecule has 2 aromatic rings. The predicted molar refractivity (Wildman–Crippen MR) is 86.6 cm³/mol. The third kappa shape index (κ3) is 1.87. The maximum absolute atomic E-state index is 12.6. The number of phenols is 1. The lowest BCUT2D eigenvalue weighted by Gasteiger charge is -2.22. The van der Waals surface area contributed by atoms with Gasteiger partial charge < -0.3 is 10.8 Å². The highest BCUT2D eigenvalue weighted by molar-refractivity contribution is 6.23. The molecule has 0 unspecified atom stereocenters. The van der Waals surface area contributed by atoms with E-state index in [1.807, 2.05) is 0 Å². The Balaban J connectivity index is 2.03. The number of nitrogen functional groups attached to an aromatic ring is 1. The first-order valence-corrected chi connectivity index (χ1v) is 7.74. The van der Waals surface area contributed by atoms with E-state index >= 15 is 0 Å². The maximum atomic E-state index is 12.6. The van der Waals surface area contributed by atoms with Crippen LogP contribution in [0.25, 0.3) is 5.69 Å². The summed E-state index contributed by atoms with van der Waals surface area (Å²) in [6.45, 7) is 0. The van der Waals surface area contributed by atoms with Gasteiger partial charge in [-0.05, 0) is 48.9 Å². The Kier molecular flexibility index (Phi) is 2.99. The van der Waals surface area contributed by atoms with Gasteiger partial charge in [0.15, 0.2) is 0 Å². The molecule has 2 amide bonds. The summed E-state index contributed by atoms with van der Waals surface area (Å²) in [5.74, 6) is -1.07. The molecule has 1 aliphatic carbocycles. The molecule has 0 bridgehead atoms. The van der Waals surface area contributed by atoms with Crippen LogP contribution >= 0.6 is 0 Å². The number of hydrogen-bond acceptors (Lipinski definition) is 5. The number of carbonyl (C=O) groups excluding carboxylic acids is 2. The van der Waals surface area contributed by atoms with Crippen LogP contribution in [0.4, 0.5) is 5.82 Å².